The van der Waals surface area contributed by atoms with Crippen LogP contribution in [0.15, 0.2) is 5.16 Å². The van der Waals surface area contributed by atoms with Crippen molar-refractivity contribution in [3.63, 3.8) is 0 Å². The summed E-state index contributed by atoms with van der Waals surface area (Å²) in [6, 6.07) is 0. The lowest BCUT2D eigenvalue weighted by molar-refractivity contribution is -0.179. The highest BCUT2D eigenvalue weighted by Crippen LogP contribution is 2.18. The van der Waals surface area contributed by atoms with Gasteiger partial charge >= 0.3 is 22.1 Å². The Morgan fingerprint density at radius 2 is 1.77 bits per heavy atom. The van der Waals surface area contributed by atoms with Gasteiger partial charge in [0.1, 0.15) is 5.60 Å². The minimum atomic E-state index is -4.12. The first-order chi connectivity index (χ1) is 11.6. The summed E-state index contributed by atoms with van der Waals surface area (Å²) in [6.07, 6.45) is 0.677. The average Bonchev–Trinajstić information content (AvgIpc) is 2.81. The van der Waals surface area contributed by atoms with Crippen molar-refractivity contribution >= 4 is 44.4 Å². The van der Waals surface area contributed by atoms with Crippen molar-refractivity contribution in [2.75, 3.05) is 12.0 Å². The third kappa shape index (κ3) is 6.92. The summed E-state index contributed by atoms with van der Waals surface area (Å²) in [5.74, 6) is -2.44. The quantitative estimate of drug-likeness (QED) is 0.303. The molecule has 0 atom stereocenters. The summed E-state index contributed by atoms with van der Waals surface area (Å²) in [7, 11) is -4.12. The SMILES string of the molecule is CC(C)(C)OC(=O)C(C)(C)O/N=C(\C(=O)OS(C)(=O)=O)c1nsc(N)n1. The molecule has 0 saturated carbocycles. The number of anilines is 1. The van der Waals surface area contributed by atoms with Gasteiger partial charge < -0.3 is 19.5 Å². The van der Waals surface area contributed by atoms with E-state index in [9.17, 15) is 18.0 Å². The zero-order chi connectivity index (χ0) is 20.3. The van der Waals surface area contributed by atoms with Crippen molar-refractivity contribution < 1.29 is 31.8 Å². The molecule has 0 aliphatic heterocycles. The molecule has 1 rings (SSSR count). The van der Waals surface area contributed by atoms with Gasteiger partial charge in [-0.15, -0.1) is 0 Å². The minimum absolute atomic E-state index is 0.00579. The number of ether oxygens (including phenoxy) is 1. The Labute approximate surface area is 154 Å². The Balaban J connectivity index is 3.14. The van der Waals surface area contributed by atoms with Crippen LogP contribution in [0.3, 0.4) is 0 Å². The third-order valence-electron chi connectivity index (χ3n) is 2.33. The molecule has 0 radical (unpaired) electrons. The molecule has 11 nitrogen and oxygen atoms in total. The topological polar surface area (TPSA) is 160 Å². The minimum Gasteiger partial charge on any atom is -0.457 e. The molecule has 2 N–H and O–H groups in total. The summed E-state index contributed by atoms with van der Waals surface area (Å²) in [5.41, 5.74) is 2.42. The molecule has 1 aromatic heterocycles. The lowest BCUT2D eigenvalue weighted by Gasteiger charge is -2.26. The van der Waals surface area contributed by atoms with Crippen LogP contribution < -0.4 is 5.73 Å². The number of hydrogen-bond acceptors (Lipinski definition) is 12. The fourth-order valence-corrected chi connectivity index (χ4v) is 2.06. The number of aromatic nitrogens is 2. The maximum atomic E-state index is 12.2. The van der Waals surface area contributed by atoms with E-state index >= 15 is 0 Å². The van der Waals surface area contributed by atoms with Gasteiger partial charge in [0.15, 0.2) is 5.13 Å². The Kier molecular flexibility index (Phi) is 6.31. The van der Waals surface area contributed by atoms with E-state index in [1.165, 1.54) is 13.8 Å². The van der Waals surface area contributed by atoms with Gasteiger partial charge in [-0.05, 0) is 34.6 Å². The second kappa shape index (κ2) is 7.53. The van der Waals surface area contributed by atoms with Gasteiger partial charge in [-0.2, -0.15) is 17.8 Å². The maximum Gasteiger partial charge on any atom is 0.379 e. The standard InChI is InChI=1S/C13H20N4O7S2/c1-12(2,3)22-10(19)13(4,5)24-16-7(8-15-11(14)25-17-8)9(18)23-26(6,20)21/h1-6H3,(H2,14,15,17)/b16-7-. The van der Waals surface area contributed by atoms with E-state index in [-0.39, 0.29) is 11.0 Å². The van der Waals surface area contributed by atoms with Crippen LogP contribution in [-0.2, 0) is 33.5 Å². The number of carbonyl (C=O) groups excluding carboxylic acids is 2. The molecular weight excluding hydrogens is 388 g/mol. The number of oxime groups is 1. The zero-order valence-corrected chi connectivity index (χ0v) is 16.7. The lowest BCUT2D eigenvalue weighted by atomic mass is 10.1. The van der Waals surface area contributed by atoms with Gasteiger partial charge in [0, 0.05) is 11.5 Å². The number of nitrogens with two attached hydrogens (primary N) is 1. The third-order valence-corrected chi connectivity index (χ3v) is 3.33. The number of esters is 1. The highest BCUT2D eigenvalue weighted by molar-refractivity contribution is 7.86. The maximum absolute atomic E-state index is 12.2. The van der Waals surface area contributed by atoms with Crippen molar-refractivity contribution in [2.24, 2.45) is 5.16 Å². The first-order valence-corrected chi connectivity index (χ1v) is 9.73. The molecule has 0 fully saturated rings. The van der Waals surface area contributed by atoms with Crippen molar-refractivity contribution in [3.05, 3.63) is 5.82 Å². The largest absolute Gasteiger partial charge is 0.457 e. The zero-order valence-electron chi connectivity index (χ0n) is 15.1. The Morgan fingerprint density at radius 3 is 2.19 bits per heavy atom. The smallest absolute Gasteiger partial charge is 0.379 e. The summed E-state index contributed by atoms with van der Waals surface area (Å²) >= 11 is 0.747. The van der Waals surface area contributed by atoms with E-state index in [1.54, 1.807) is 20.8 Å². The van der Waals surface area contributed by atoms with E-state index < -0.39 is 39.0 Å². The van der Waals surface area contributed by atoms with Gasteiger partial charge in [0.05, 0.1) is 6.26 Å². The van der Waals surface area contributed by atoms with Gasteiger partial charge in [-0.1, -0.05) is 5.16 Å². The molecule has 0 aromatic carbocycles. The summed E-state index contributed by atoms with van der Waals surface area (Å²) in [6.45, 7) is 7.71. The van der Waals surface area contributed by atoms with Crippen LogP contribution in [0.4, 0.5) is 5.13 Å². The predicted molar refractivity (Wildman–Crippen MR) is 92.8 cm³/mol. The molecule has 1 aromatic rings. The molecule has 0 aliphatic rings. The van der Waals surface area contributed by atoms with Crippen LogP contribution in [0.25, 0.3) is 0 Å². The molecule has 0 spiro atoms. The molecule has 0 saturated heterocycles. The van der Waals surface area contributed by atoms with Crippen LogP contribution in [0.5, 0.6) is 0 Å². The van der Waals surface area contributed by atoms with Crippen molar-refractivity contribution in [1.29, 1.82) is 0 Å². The molecule has 26 heavy (non-hydrogen) atoms. The highest BCUT2D eigenvalue weighted by atomic mass is 32.2. The summed E-state index contributed by atoms with van der Waals surface area (Å²) in [4.78, 5) is 33.0. The molecule has 0 unspecified atom stereocenters. The van der Waals surface area contributed by atoms with E-state index in [1.807, 2.05) is 0 Å². The Hall–Kier alpha value is -2.28. The summed E-state index contributed by atoms with van der Waals surface area (Å²) in [5, 5.41) is 3.52. The summed E-state index contributed by atoms with van der Waals surface area (Å²) < 4.78 is 35.6. The second-order valence-corrected chi connectivity index (χ2v) is 8.93. The normalized spacial score (nSPS) is 13.2. The molecule has 146 valence electrons. The van der Waals surface area contributed by atoms with E-state index in [0.29, 0.717) is 6.26 Å². The molecule has 0 aliphatic carbocycles. The monoisotopic (exact) mass is 408 g/mol. The van der Waals surface area contributed by atoms with E-state index in [2.05, 4.69) is 18.7 Å². The number of carbonyl (C=O) groups is 2. The number of hydrogen-bond donors (Lipinski definition) is 1. The molecule has 1 heterocycles. The molecule has 0 bridgehead atoms. The van der Waals surface area contributed by atoms with Gasteiger partial charge in [0.2, 0.25) is 17.1 Å². The van der Waals surface area contributed by atoms with Crippen molar-refractivity contribution in [1.82, 2.24) is 9.36 Å². The first-order valence-electron chi connectivity index (χ1n) is 7.14. The highest BCUT2D eigenvalue weighted by Gasteiger charge is 2.36. The van der Waals surface area contributed by atoms with Gasteiger partial charge in [-0.3, -0.25) is 0 Å². The predicted octanol–water partition coefficient (Wildman–Crippen LogP) is 0.464. The van der Waals surface area contributed by atoms with Crippen molar-refractivity contribution in [2.45, 2.75) is 45.8 Å². The average molecular weight is 408 g/mol. The lowest BCUT2D eigenvalue weighted by Crippen LogP contribution is -2.40. The Bertz CT molecular complexity index is 822. The van der Waals surface area contributed by atoms with Crippen LogP contribution in [0.1, 0.15) is 40.4 Å². The second-order valence-electron chi connectivity index (χ2n) is 6.57. The van der Waals surface area contributed by atoms with E-state index in [4.69, 9.17) is 15.3 Å². The van der Waals surface area contributed by atoms with Crippen LogP contribution >= 0.6 is 11.5 Å². The van der Waals surface area contributed by atoms with Crippen LogP contribution in [-0.4, -0.2) is 52.9 Å². The fourth-order valence-electron chi connectivity index (χ4n) is 1.28. The fraction of sp³-hybridized carbons (Fsp3) is 0.615. The molecule has 13 heteroatoms. The number of nitrogens with zero attached hydrogens (tertiary/aromatic N) is 3. The van der Waals surface area contributed by atoms with Crippen LogP contribution in [0, 0.1) is 0 Å². The van der Waals surface area contributed by atoms with Crippen molar-refractivity contribution in [3.8, 4) is 0 Å². The van der Waals surface area contributed by atoms with E-state index in [0.717, 1.165) is 11.5 Å². The number of nitrogen functional groups attached to an aromatic ring is 1. The Morgan fingerprint density at radius 1 is 1.19 bits per heavy atom. The van der Waals surface area contributed by atoms with Gasteiger partial charge in [-0.25, -0.2) is 9.59 Å². The van der Waals surface area contributed by atoms with Crippen LogP contribution in [0.2, 0.25) is 0 Å². The molecule has 0 amide bonds. The number of rotatable bonds is 6. The molecular formula is C13H20N4O7S2. The first kappa shape index (κ1) is 21.8. The van der Waals surface area contributed by atoms with Gasteiger partial charge in [0.25, 0.3) is 0 Å².